The van der Waals surface area contributed by atoms with Gasteiger partial charge in [0.05, 0.1) is 40.7 Å². The van der Waals surface area contributed by atoms with E-state index < -0.39 is 5.97 Å². The lowest BCUT2D eigenvalue weighted by atomic mass is 9.98. The molecule has 0 saturated heterocycles. The van der Waals surface area contributed by atoms with Crippen molar-refractivity contribution in [2.75, 3.05) is 24.3 Å². The van der Waals surface area contributed by atoms with Crippen LogP contribution >= 0.6 is 0 Å². The number of aromatic nitrogens is 2. The minimum atomic E-state index is -0.464. The molecule has 180 valence electrons. The number of benzene rings is 3. The second kappa shape index (κ2) is 9.97. The van der Waals surface area contributed by atoms with Crippen LogP contribution < -0.4 is 16.0 Å². The van der Waals surface area contributed by atoms with Gasteiger partial charge < -0.3 is 20.7 Å². The van der Waals surface area contributed by atoms with Crippen molar-refractivity contribution < 1.29 is 14.3 Å². The molecule has 3 N–H and O–H groups in total. The summed E-state index contributed by atoms with van der Waals surface area (Å²) in [4.78, 5) is 34.1. The van der Waals surface area contributed by atoms with Gasteiger partial charge in [0.15, 0.2) is 0 Å². The van der Waals surface area contributed by atoms with Crippen molar-refractivity contribution in [3.63, 3.8) is 0 Å². The molecule has 0 bridgehead atoms. The summed E-state index contributed by atoms with van der Waals surface area (Å²) >= 11 is 0. The Morgan fingerprint density at radius 3 is 2.44 bits per heavy atom. The first-order chi connectivity index (χ1) is 17.6. The van der Waals surface area contributed by atoms with Gasteiger partial charge in [-0.15, -0.1) is 0 Å². The van der Waals surface area contributed by atoms with Gasteiger partial charge in [-0.2, -0.15) is 0 Å². The third-order valence-corrected chi connectivity index (χ3v) is 6.00. The molecule has 0 aliphatic carbocycles. The zero-order chi connectivity index (χ0) is 25.1. The summed E-state index contributed by atoms with van der Waals surface area (Å²) in [6.45, 7) is 3.75. The summed E-state index contributed by atoms with van der Waals surface area (Å²) in [5.41, 5.74) is 6.98. The fourth-order valence-electron chi connectivity index (χ4n) is 4.18. The van der Waals surface area contributed by atoms with E-state index in [4.69, 9.17) is 4.74 Å². The largest absolute Gasteiger partial charge is 0.465 e. The average Bonchev–Trinajstić information content (AvgIpc) is 3.25. The molecule has 0 atom stereocenters. The maximum atomic E-state index is 13.3. The smallest absolute Gasteiger partial charge is 0.337 e. The Morgan fingerprint density at radius 2 is 1.69 bits per heavy atom. The van der Waals surface area contributed by atoms with E-state index in [0.717, 1.165) is 40.9 Å². The monoisotopic (exact) mass is 479 g/mol. The van der Waals surface area contributed by atoms with Crippen molar-refractivity contribution >= 4 is 45.6 Å². The number of nitrogens with one attached hydrogen (secondary N) is 3. The Morgan fingerprint density at radius 1 is 0.944 bits per heavy atom. The zero-order valence-corrected chi connectivity index (χ0v) is 20.0. The molecule has 0 saturated carbocycles. The minimum Gasteiger partial charge on any atom is -0.465 e. The number of rotatable bonds is 7. The molecule has 36 heavy (non-hydrogen) atoms. The number of carbonyl (C=O) groups is 2. The average molecular weight is 480 g/mol. The zero-order valence-electron chi connectivity index (χ0n) is 20.0. The number of methoxy groups -OCH3 is 1. The number of anilines is 2. The third-order valence-electron chi connectivity index (χ3n) is 6.00. The Kier molecular flexibility index (Phi) is 6.42. The summed E-state index contributed by atoms with van der Waals surface area (Å²) in [7, 11) is 1.33. The highest BCUT2D eigenvalue weighted by atomic mass is 16.5. The number of hydrogen-bond donors (Lipinski definition) is 3. The van der Waals surface area contributed by atoms with Crippen LogP contribution in [0.1, 0.15) is 34.0 Å². The van der Waals surface area contributed by atoms with Crippen LogP contribution in [0.2, 0.25) is 0 Å². The van der Waals surface area contributed by atoms with Crippen molar-refractivity contribution in [3.8, 4) is 0 Å². The third kappa shape index (κ3) is 4.54. The lowest BCUT2D eigenvalue weighted by Gasteiger charge is -2.16. The standard InChI is InChI=1S/C28H25N5O3/c1-3-29-16-17-4-8-20(9-5-17)32-26(18-7-11-22-24(14-18)31-13-12-30-22)25-21-10-6-19(28(35)36-2)15-23(21)33-27(25)34/h4-15,29,32H,3,16H2,1-2H3,(H,33,34). The van der Waals surface area contributed by atoms with E-state index in [1.807, 2.05) is 42.5 Å². The van der Waals surface area contributed by atoms with E-state index in [-0.39, 0.29) is 5.91 Å². The first-order valence-corrected chi connectivity index (χ1v) is 11.6. The SMILES string of the molecule is CCNCc1ccc(NC(=C2C(=O)Nc3cc(C(=O)OC)ccc32)c2ccc3nccnc3c2)cc1. The molecule has 8 heteroatoms. The van der Waals surface area contributed by atoms with E-state index in [1.165, 1.54) is 7.11 Å². The highest BCUT2D eigenvalue weighted by molar-refractivity contribution is 6.37. The van der Waals surface area contributed by atoms with E-state index in [9.17, 15) is 9.59 Å². The van der Waals surface area contributed by atoms with E-state index in [2.05, 4.69) is 32.8 Å². The summed E-state index contributed by atoms with van der Waals surface area (Å²) < 4.78 is 4.83. The van der Waals surface area contributed by atoms with Crippen molar-refractivity contribution in [2.45, 2.75) is 13.5 Å². The maximum absolute atomic E-state index is 13.3. The highest BCUT2D eigenvalue weighted by Crippen LogP contribution is 2.38. The predicted molar refractivity (Wildman–Crippen MR) is 140 cm³/mol. The number of hydrogen-bond acceptors (Lipinski definition) is 7. The molecule has 8 nitrogen and oxygen atoms in total. The van der Waals surface area contributed by atoms with Crippen LogP contribution in [0.3, 0.4) is 0 Å². The molecule has 4 aromatic rings. The normalized spacial score (nSPS) is 13.8. The number of amides is 1. The molecule has 1 aliphatic rings. The molecule has 0 spiro atoms. The van der Waals surface area contributed by atoms with Crippen LogP contribution in [0.4, 0.5) is 11.4 Å². The van der Waals surface area contributed by atoms with Gasteiger partial charge in [0.25, 0.3) is 5.91 Å². The van der Waals surface area contributed by atoms with Crippen LogP contribution in [0.15, 0.2) is 73.1 Å². The Balaban J connectivity index is 1.62. The van der Waals surface area contributed by atoms with Crippen LogP contribution in [-0.2, 0) is 16.1 Å². The molecule has 0 radical (unpaired) electrons. The maximum Gasteiger partial charge on any atom is 0.337 e. The fourth-order valence-corrected chi connectivity index (χ4v) is 4.18. The van der Waals surface area contributed by atoms with Crippen LogP contribution in [0.25, 0.3) is 22.3 Å². The lowest BCUT2D eigenvalue weighted by Crippen LogP contribution is -2.12. The number of carbonyl (C=O) groups excluding carboxylic acids is 2. The number of nitrogens with zero attached hydrogens (tertiary/aromatic N) is 2. The Bertz CT molecular complexity index is 1500. The van der Waals surface area contributed by atoms with E-state index >= 15 is 0 Å². The van der Waals surface area contributed by atoms with Crippen molar-refractivity contribution in [2.24, 2.45) is 0 Å². The molecule has 2 heterocycles. The molecule has 0 fully saturated rings. The van der Waals surface area contributed by atoms with Gasteiger partial charge in [0, 0.05) is 35.8 Å². The summed E-state index contributed by atoms with van der Waals surface area (Å²) in [6.07, 6.45) is 3.29. The Hall–Kier alpha value is -4.56. The quantitative estimate of drug-likeness (QED) is 0.266. The van der Waals surface area contributed by atoms with E-state index in [1.54, 1.807) is 30.6 Å². The van der Waals surface area contributed by atoms with Crippen LogP contribution in [0.5, 0.6) is 0 Å². The summed E-state index contributed by atoms with van der Waals surface area (Å²) in [5.74, 6) is -0.730. The summed E-state index contributed by atoms with van der Waals surface area (Å²) in [5, 5.41) is 9.67. The topological polar surface area (TPSA) is 105 Å². The van der Waals surface area contributed by atoms with E-state index in [0.29, 0.717) is 28.1 Å². The van der Waals surface area contributed by atoms with Crippen molar-refractivity contribution in [1.29, 1.82) is 0 Å². The van der Waals surface area contributed by atoms with Crippen molar-refractivity contribution in [3.05, 3.63) is 95.3 Å². The lowest BCUT2D eigenvalue weighted by molar-refractivity contribution is -0.110. The Labute approximate surface area is 208 Å². The highest BCUT2D eigenvalue weighted by Gasteiger charge is 2.29. The predicted octanol–water partition coefficient (Wildman–Crippen LogP) is 4.46. The molecule has 3 aromatic carbocycles. The summed E-state index contributed by atoms with van der Waals surface area (Å²) in [6, 6.07) is 18.8. The first kappa shape index (κ1) is 23.2. The second-order valence-corrected chi connectivity index (χ2v) is 8.32. The first-order valence-electron chi connectivity index (χ1n) is 11.6. The second-order valence-electron chi connectivity index (χ2n) is 8.32. The molecule has 1 aliphatic heterocycles. The number of esters is 1. The fraction of sp³-hybridized carbons (Fsp3) is 0.143. The van der Waals surface area contributed by atoms with Crippen LogP contribution in [-0.4, -0.2) is 35.5 Å². The molecular formula is C28H25N5O3. The van der Waals surface area contributed by atoms with Crippen molar-refractivity contribution in [1.82, 2.24) is 15.3 Å². The molecular weight excluding hydrogens is 454 g/mol. The van der Waals surface area contributed by atoms with Gasteiger partial charge in [-0.1, -0.05) is 31.2 Å². The van der Waals surface area contributed by atoms with Gasteiger partial charge in [-0.05, 0) is 48.5 Å². The molecule has 1 amide bonds. The molecule has 5 rings (SSSR count). The number of fused-ring (bicyclic) bond motifs is 2. The van der Waals surface area contributed by atoms with Gasteiger partial charge >= 0.3 is 5.97 Å². The van der Waals surface area contributed by atoms with Crippen LogP contribution in [0, 0.1) is 0 Å². The molecule has 1 aromatic heterocycles. The van der Waals surface area contributed by atoms with Gasteiger partial charge in [-0.3, -0.25) is 14.8 Å². The van der Waals surface area contributed by atoms with Gasteiger partial charge in [0.2, 0.25) is 0 Å². The van der Waals surface area contributed by atoms with Gasteiger partial charge in [-0.25, -0.2) is 4.79 Å². The van der Waals surface area contributed by atoms with Gasteiger partial charge in [0.1, 0.15) is 0 Å². The molecule has 0 unspecified atom stereocenters. The number of ether oxygens (including phenoxy) is 1. The minimum absolute atomic E-state index is 0.266.